The van der Waals surface area contributed by atoms with Crippen molar-refractivity contribution in [2.75, 3.05) is 12.4 Å². The summed E-state index contributed by atoms with van der Waals surface area (Å²) in [6.45, 7) is 2.10. The number of nitrogens with one attached hydrogen (secondary N) is 1. The number of aliphatic hydroxyl groups is 1. The summed E-state index contributed by atoms with van der Waals surface area (Å²) in [7, 11) is 1.64. The molecule has 6 heteroatoms. The lowest BCUT2D eigenvalue weighted by molar-refractivity contribution is 0.281. The number of rotatable bonds is 6. The Morgan fingerprint density at radius 2 is 1.93 bits per heavy atom. The van der Waals surface area contributed by atoms with E-state index in [1.54, 1.807) is 24.8 Å². The highest BCUT2D eigenvalue weighted by atomic mass is 32.1. The molecule has 0 aliphatic heterocycles. The first-order valence-corrected chi connectivity index (χ1v) is 9.85. The van der Waals surface area contributed by atoms with Crippen molar-refractivity contribution in [3.63, 3.8) is 0 Å². The Balaban J connectivity index is 1.72. The van der Waals surface area contributed by atoms with Gasteiger partial charge in [0.15, 0.2) is 0 Å². The Kier molecular flexibility index (Phi) is 5.23. The Hall–Kier alpha value is -2.96. The van der Waals surface area contributed by atoms with Gasteiger partial charge in [-0.15, -0.1) is 11.3 Å². The Bertz CT molecular complexity index is 1100. The van der Waals surface area contributed by atoms with E-state index >= 15 is 0 Å². The molecule has 2 N–H and O–H groups in total. The molecule has 0 aliphatic rings. The first kappa shape index (κ1) is 18.4. The molecule has 0 amide bonds. The van der Waals surface area contributed by atoms with Gasteiger partial charge in [-0.2, -0.15) is 0 Å². The lowest BCUT2D eigenvalue weighted by atomic mass is 10.1. The zero-order valence-corrected chi connectivity index (χ0v) is 16.5. The number of methoxy groups -OCH3 is 1. The summed E-state index contributed by atoms with van der Waals surface area (Å²) in [4.78, 5) is 10.9. The van der Waals surface area contributed by atoms with E-state index in [4.69, 9.17) is 4.74 Å². The summed E-state index contributed by atoms with van der Waals surface area (Å²) >= 11 is 1.60. The van der Waals surface area contributed by atoms with Gasteiger partial charge in [0.2, 0.25) is 0 Å². The molecule has 1 unspecified atom stereocenters. The number of thiophene rings is 1. The third kappa shape index (κ3) is 3.56. The molecule has 142 valence electrons. The van der Waals surface area contributed by atoms with Crippen molar-refractivity contribution in [3.8, 4) is 16.2 Å². The van der Waals surface area contributed by atoms with Crippen molar-refractivity contribution in [2.45, 2.75) is 19.6 Å². The van der Waals surface area contributed by atoms with Crippen molar-refractivity contribution in [3.05, 3.63) is 72.1 Å². The molecule has 0 radical (unpaired) electrons. The molecule has 0 spiro atoms. The zero-order chi connectivity index (χ0) is 19.5. The molecule has 0 fully saturated rings. The number of ether oxygens (including phenoxy) is 1. The third-order valence-electron chi connectivity index (χ3n) is 4.70. The number of aliphatic hydroxyl groups excluding tert-OH is 1. The molecule has 4 aromatic rings. The van der Waals surface area contributed by atoms with Crippen LogP contribution in [0.1, 0.15) is 24.1 Å². The third-order valence-corrected chi connectivity index (χ3v) is 5.77. The zero-order valence-electron chi connectivity index (χ0n) is 15.7. The molecule has 5 nitrogen and oxygen atoms in total. The minimum atomic E-state index is -0.0139. The lowest BCUT2D eigenvalue weighted by Crippen LogP contribution is -2.08. The normalized spacial score (nSPS) is 12.1. The number of nitrogens with zero attached hydrogens (tertiary/aromatic N) is 2. The molecule has 0 saturated heterocycles. The van der Waals surface area contributed by atoms with Crippen LogP contribution in [0.5, 0.6) is 5.75 Å². The van der Waals surface area contributed by atoms with Crippen molar-refractivity contribution >= 4 is 27.4 Å². The van der Waals surface area contributed by atoms with Gasteiger partial charge in [0.05, 0.1) is 19.1 Å². The summed E-state index contributed by atoms with van der Waals surface area (Å²) in [5.74, 6) is 1.55. The summed E-state index contributed by atoms with van der Waals surface area (Å²) < 4.78 is 5.53. The fourth-order valence-corrected chi connectivity index (χ4v) is 4.20. The van der Waals surface area contributed by atoms with Crippen LogP contribution in [-0.2, 0) is 6.61 Å². The fraction of sp³-hybridized carbons (Fsp3) is 0.182. The first-order valence-electron chi connectivity index (χ1n) is 9.03. The van der Waals surface area contributed by atoms with Crippen LogP contribution in [0, 0.1) is 0 Å². The molecule has 2 aromatic heterocycles. The maximum Gasteiger partial charge on any atom is 0.138 e. The van der Waals surface area contributed by atoms with Gasteiger partial charge in [-0.05, 0) is 36.2 Å². The number of aromatic nitrogens is 2. The largest absolute Gasteiger partial charge is 0.496 e. The number of anilines is 1. The minimum Gasteiger partial charge on any atom is -0.496 e. The standard InChI is InChI=1S/C22H21N3O2S/c1-14(16-6-4-3-5-7-16)25-21-18-11-20(28-22(18)24-13-23-21)17-9-8-15(12-26)10-19(17)27-2/h3-11,13-14,26H,12H2,1-2H3,(H,23,24,25). The van der Waals surface area contributed by atoms with Gasteiger partial charge in [0, 0.05) is 16.5 Å². The Morgan fingerprint density at radius 1 is 1.11 bits per heavy atom. The van der Waals surface area contributed by atoms with E-state index in [-0.39, 0.29) is 12.6 Å². The fourth-order valence-electron chi connectivity index (χ4n) is 3.17. The van der Waals surface area contributed by atoms with Gasteiger partial charge in [-0.1, -0.05) is 36.4 Å². The molecule has 0 saturated carbocycles. The SMILES string of the molecule is COc1cc(CO)ccc1-c1cc2c(NC(C)c3ccccc3)ncnc2s1. The number of fused-ring (bicyclic) bond motifs is 1. The van der Waals surface area contributed by atoms with Crippen LogP contribution < -0.4 is 10.1 Å². The molecule has 4 rings (SSSR count). The quantitative estimate of drug-likeness (QED) is 0.482. The molecular weight excluding hydrogens is 370 g/mol. The van der Waals surface area contributed by atoms with E-state index in [9.17, 15) is 5.11 Å². The van der Waals surface area contributed by atoms with Gasteiger partial charge in [-0.3, -0.25) is 0 Å². The van der Waals surface area contributed by atoms with E-state index in [1.165, 1.54) is 5.56 Å². The Morgan fingerprint density at radius 3 is 2.68 bits per heavy atom. The van der Waals surface area contributed by atoms with Crippen molar-refractivity contribution < 1.29 is 9.84 Å². The Labute approximate surface area is 167 Å². The molecular formula is C22H21N3O2S. The molecule has 1 atom stereocenters. The topological polar surface area (TPSA) is 67.3 Å². The highest BCUT2D eigenvalue weighted by Gasteiger charge is 2.15. The van der Waals surface area contributed by atoms with E-state index in [1.807, 2.05) is 36.4 Å². The van der Waals surface area contributed by atoms with Crippen molar-refractivity contribution in [1.29, 1.82) is 0 Å². The maximum absolute atomic E-state index is 9.37. The summed E-state index contributed by atoms with van der Waals surface area (Å²) in [6.07, 6.45) is 1.59. The van der Waals surface area contributed by atoms with Crippen LogP contribution >= 0.6 is 11.3 Å². The van der Waals surface area contributed by atoms with Crippen LogP contribution in [0.2, 0.25) is 0 Å². The second-order valence-electron chi connectivity index (χ2n) is 6.52. The number of hydrogen-bond acceptors (Lipinski definition) is 6. The second kappa shape index (κ2) is 7.96. The minimum absolute atomic E-state index is 0.0139. The van der Waals surface area contributed by atoms with E-state index < -0.39 is 0 Å². The molecule has 28 heavy (non-hydrogen) atoms. The van der Waals surface area contributed by atoms with Gasteiger partial charge < -0.3 is 15.2 Å². The van der Waals surface area contributed by atoms with Crippen molar-refractivity contribution in [1.82, 2.24) is 9.97 Å². The average molecular weight is 391 g/mol. The number of benzene rings is 2. The molecule has 0 bridgehead atoms. The summed E-state index contributed by atoms with van der Waals surface area (Å²) in [5, 5.41) is 13.9. The highest BCUT2D eigenvalue weighted by Crippen LogP contribution is 2.40. The monoisotopic (exact) mass is 391 g/mol. The van der Waals surface area contributed by atoms with Crippen LogP contribution in [0.15, 0.2) is 60.9 Å². The second-order valence-corrected chi connectivity index (χ2v) is 7.55. The lowest BCUT2D eigenvalue weighted by Gasteiger charge is -2.15. The summed E-state index contributed by atoms with van der Waals surface area (Å²) in [5.41, 5.74) is 3.00. The van der Waals surface area contributed by atoms with Gasteiger partial charge in [0.25, 0.3) is 0 Å². The summed E-state index contributed by atoms with van der Waals surface area (Å²) in [6, 6.07) is 18.2. The van der Waals surface area contributed by atoms with E-state index in [0.717, 1.165) is 37.8 Å². The predicted molar refractivity (Wildman–Crippen MR) is 114 cm³/mol. The highest BCUT2D eigenvalue weighted by molar-refractivity contribution is 7.22. The van der Waals surface area contributed by atoms with E-state index in [0.29, 0.717) is 0 Å². The first-order chi connectivity index (χ1) is 13.7. The number of hydrogen-bond donors (Lipinski definition) is 2. The molecule has 2 aromatic carbocycles. The van der Waals surface area contributed by atoms with Gasteiger partial charge in [0.1, 0.15) is 22.7 Å². The smallest absolute Gasteiger partial charge is 0.138 e. The molecule has 0 aliphatic carbocycles. The van der Waals surface area contributed by atoms with Crippen molar-refractivity contribution in [2.24, 2.45) is 0 Å². The van der Waals surface area contributed by atoms with Gasteiger partial charge in [-0.25, -0.2) is 9.97 Å². The van der Waals surface area contributed by atoms with Gasteiger partial charge >= 0.3 is 0 Å². The van der Waals surface area contributed by atoms with Crippen LogP contribution in [-0.4, -0.2) is 22.2 Å². The predicted octanol–water partition coefficient (Wildman–Crippen LogP) is 5.03. The van der Waals surface area contributed by atoms with E-state index in [2.05, 4.69) is 40.4 Å². The van der Waals surface area contributed by atoms with Crippen LogP contribution in [0.3, 0.4) is 0 Å². The van der Waals surface area contributed by atoms with Crippen LogP contribution in [0.4, 0.5) is 5.82 Å². The maximum atomic E-state index is 9.37. The molecule has 2 heterocycles. The van der Waals surface area contributed by atoms with Crippen LogP contribution in [0.25, 0.3) is 20.7 Å². The average Bonchev–Trinajstić information content (AvgIpc) is 3.19.